The number of alkyl carbamates (subject to hydrolysis) is 1. The number of ether oxygens (including phenoxy) is 1. The van der Waals surface area contributed by atoms with Gasteiger partial charge in [-0.25, -0.2) is 4.79 Å². The van der Waals surface area contributed by atoms with Crippen LogP contribution in [0.4, 0.5) is 4.79 Å². The Morgan fingerprint density at radius 3 is 2.32 bits per heavy atom. The van der Waals surface area contributed by atoms with Crippen LogP contribution in [0.2, 0.25) is 0 Å². The van der Waals surface area contributed by atoms with Gasteiger partial charge in [0.15, 0.2) is 0 Å². The van der Waals surface area contributed by atoms with Crippen molar-refractivity contribution in [3.63, 3.8) is 0 Å². The second kappa shape index (κ2) is 9.32. The number of piperidine rings is 1. The predicted octanol–water partition coefficient (Wildman–Crippen LogP) is 2.67. The smallest absolute Gasteiger partial charge is 0.408 e. The van der Waals surface area contributed by atoms with Crippen molar-refractivity contribution in [1.29, 1.82) is 0 Å². The maximum Gasteiger partial charge on any atom is 0.408 e. The van der Waals surface area contributed by atoms with E-state index in [-0.39, 0.29) is 19.6 Å². The standard InChI is InChI=1S/C21H23N4O7PS/c22-33(28,24-34(29,30)31)25-11-5-10-19(20(25)26)23-21(27)32-13-18-16-8-3-1-6-14(16)12-15-7-2-4-9-17(15)18/h1-4,6-9,12,19H,5,10-11,13H2,(H,23,27)(H3,22,24,28)(H,29,30,31)/t19-,33-/m0/s1. The normalized spacial score (nSPS) is 18.6. The number of fused-ring (bicyclic) bond motifs is 2. The molecule has 0 spiro atoms. The van der Waals surface area contributed by atoms with Crippen molar-refractivity contribution in [3.05, 3.63) is 60.2 Å². The van der Waals surface area contributed by atoms with Gasteiger partial charge in [0.25, 0.3) is 5.91 Å². The number of carbonyl (C=O) groups is 2. The molecule has 0 bridgehead atoms. The Morgan fingerprint density at radius 1 is 1.15 bits per heavy atom. The molecule has 3 aromatic carbocycles. The second-order valence-electron chi connectivity index (χ2n) is 7.86. The third-order valence-electron chi connectivity index (χ3n) is 5.54. The molecule has 0 saturated carbocycles. The Hall–Kier alpha value is -3.02. The fourth-order valence-corrected chi connectivity index (χ4v) is 6.67. The molecule has 0 unspecified atom stereocenters. The Balaban J connectivity index is 1.49. The lowest BCUT2D eigenvalue weighted by atomic mass is 9.97. The number of amides is 2. The third kappa shape index (κ3) is 5.21. The van der Waals surface area contributed by atoms with E-state index in [1.807, 2.05) is 48.5 Å². The molecule has 1 aliphatic heterocycles. The summed E-state index contributed by atoms with van der Waals surface area (Å²) in [6.45, 7) is -0.164. The average Bonchev–Trinajstić information content (AvgIpc) is 2.76. The van der Waals surface area contributed by atoms with Crippen LogP contribution in [0, 0.1) is 0 Å². The number of carbonyl (C=O) groups excluding carboxylic acids is 2. The minimum atomic E-state index is -4.91. The maximum absolute atomic E-state index is 12.7. The van der Waals surface area contributed by atoms with Crippen molar-refractivity contribution < 1.29 is 31.9 Å². The molecule has 0 aromatic heterocycles. The minimum absolute atomic E-state index is 0.0575. The third-order valence-corrected chi connectivity index (χ3v) is 8.63. The van der Waals surface area contributed by atoms with E-state index in [4.69, 9.17) is 14.8 Å². The fourth-order valence-electron chi connectivity index (χ4n) is 4.09. The lowest BCUT2D eigenvalue weighted by Gasteiger charge is -2.35. The van der Waals surface area contributed by atoms with Crippen LogP contribution < -0.4 is 15.3 Å². The number of nitrogens with one attached hydrogen (secondary N) is 2. The van der Waals surface area contributed by atoms with Crippen LogP contribution in [0.25, 0.3) is 21.5 Å². The summed E-state index contributed by atoms with van der Waals surface area (Å²) < 4.78 is 50.8. The van der Waals surface area contributed by atoms with E-state index in [1.165, 1.54) is 4.49 Å². The van der Waals surface area contributed by atoms with Crippen molar-refractivity contribution in [3.8, 4) is 0 Å². The van der Waals surface area contributed by atoms with Gasteiger partial charge in [0, 0.05) is 12.1 Å². The van der Waals surface area contributed by atoms with Crippen LogP contribution in [0.3, 0.4) is 0 Å². The van der Waals surface area contributed by atoms with Gasteiger partial charge in [0.1, 0.15) is 12.6 Å². The first kappa shape index (κ1) is 24.1. The topological polar surface area (TPSA) is 168 Å². The molecule has 5 N–H and O–H groups in total. The van der Waals surface area contributed by atoms with Gasteiger partial charge in [-0.3, -0.25) is 24.1 Å². The highest BCUT2D eigenvalue weighted by Gasteiger charge is 2.40. The van der Waals surface area contributed by atoms with Gasteiger partial charge in [-0.15, -0.1) is 4.49 Å². The molecule has 1 saturated heterocycles. The molecule has 0 aliphatic carbocycles. The average molecular weight is 506 g/mol. The molecule has 3 aromatic rings. The van der Waals surface area contributed by atoms with Crippen LogP contribution in [-0.4, -0.2) is 42.2 Å². The van der Waals surface area contributed by atoms with Crippen molar-refractivity contribution in [2.45, 2.75) is 25.5 Å². The Labute approximate surface area is 195 Å². The number of rotatable bonds is 6. The number of hydrogen-bond acceptors (Lipinski definition) is 6. The Morgan fingerprint density at radius 2 is 1.74 bits per heavy atom. The van der Waals surface area contributed by atoms with Crippen molar-refractivity contribution >= 4 is 51.4 Å². The summed E-state index contributed by atoms with van der Waals surface area (Å²) in [7, 11) is -9.36. The van der Waals surface area contributed by atoms with Crippen LogP contribution in [0.1, 0.15) is 18.4 Å². The summed E-state index contributed by atoms with van der Waals surface area (Å²) in [5.74, 6) is -0.846. The molecule has 11 nitrogen and oxygen atoms in total. The van der Waals surface area contributed by atoms with Gasteiger partial charge in [0.2, 0.25) is 0 Å². The van der Waals surface area contributed by atoms with Crippen LogP contribution in [0.15, 0.2) is 54.6 Å². The Bertz CT molecular complexity index is 1380. The summed E-state index contributed by atoms with van der Waals surface area (Å²) in [4.78, 5) is 25.2. The molecule has 1 fully saturated rings. The fraction of sp³-hybridized carbons (Fsp3) is 0.238. The SMILES string of the molecule is N[P@](=O)(NS(=O)(=O)O)N1CCC[C@H](NC(=O)OCc2c3ccccc3cc3ccccc23)C1=O. The highest BCUT2D eigenvalue weighted by Crippen LogP contribution is 2.40. The molecule has 1 heterocycles. The van der Waals surface area contributed by atoms with Gasteiger partial charge in [-0.2, -0.15) is 8.42 Å². The first-order valence-corrected chi connectivity index (χ1v) is 13.5. The molecule has 2 amide bonds. The quantitative estimate of drug-likeness (QED) is 0.225. The van der Waals surface area contributed by atoms with Crippen LogP contribution in [-0.2, 0) is 31.0 Å². The van der Waals surface area contributed by atoms with Crippen LogP contribution in [0.5, 0.6) is 0 Å². The zero-order valence-corrected chi connectivity index (χ0v) is 19.6. The Kier molecular flexibility index (Phi) is 6.61. The number of benzene rings is 3. The number of nitrogens with zero attached hydrogens (tertiary/aromatic N) is 1. The summed E-state index contributed by atoms with van der Waals surface area (Å²) in [6.07, 6.45) is -0.362. The lowest BCUT2D eigenvalue weighted by molar-refractivity contribution is -0.130. The van der Waals surface area contributed by atoms with Crippen LogP contribution >= 0.6 is 7.59 Å². The number of hydrogen-bond donors (Lipinski definition) is 4. The minimum Gasteiger partial charge on any atom is -0.445 e. The van der Waals surface area contributed by atoms with Crippen molar-refractivity contribution in [2.75, 3.05) is 6.54 Å². The van der Waals surface area contributed by atoms with Crippen molar-refractivity contribution in [2.24, 2.45) is 5.50 Å². The first-order chi connectivity index (χ1) is 16.0. The molecular formula is C21H23N4O7PS. The zero-order valence-electron chi connectivity index (χ0n) is 17.9. The highest BCUT2D eigenvalue weighted by atomic mass is 32.2. The summed E-state index contributed by atoms with van der Waals surface area (Å²) >= 11 is 0. The molecule has 34 heavy (non-hydrogen) atoms. The van der Waals surface area contributed by atoms with Gasteiger partial charge in [-0.1, -0.05) is 48.5 Å². The predicted molar refractivity (Wildman–Crippen MR) is 126 cm³/mol. The number of nitrogens with two attached hydrogens (primary N) is 1. The first-order valence-electron chi connectivity index (χ1n) is 10.3. The zero-order chi connectivity index (χ0) is 24.5. The van der Waals surface area contributed by atoms with E-state index in [2.05, 4.69) is 11.4 Å². The molecule has 180 valence electrons. The van der Waals surface area contributed by atoms with Gasteiger partial charge >= 0.3 is 24.0 Å². The van der Waals surface area contributed by atoms with E-state index >= 15 is 0 Å². The molecule has 4 rings (SSSR count). The molecule has 2 atom stereocenters. The van der Waals surface area contributed by atoms with E-state index in [1.54, 1.807) is 0 Å². The largest absolute Gasteiger partial charge is 0.445 e. The second-order valence-corrected chi connectivity index (χ2v) is 11.3. The van der Waals surface area contributed by atoms with Crippen molar-refractivity contribution in [1.82, 2.24) is 14.5 Å². The van der Waals surface area contributed by atoms with Gasteiger partial charge in [0.05, 0.1) is 0 Å². The van der Waals surface area contributed by atoms with E-state index < -0.39 is 35.9 Å². The van der Waals surface area contributed by atoms with E-state index in [9.17, 15) is 22.6 Å². The van der Waals surface area contributed by atoms with Gasteiger partial charge < -0.3 is 10.1 Å². The monoisotopic (exact) mass is 506 g/mol. The molecule has 1 aliphatic rings. The van der Waals surface area contributed by atoms with Gasteiger partial charge in [-0.05, 0) is 40.5 Å². The summed E-state index contributed by atoms with van der Waals surface area (Å²) in [6, 6.07) is 16.3. The maximum atomic E-state index is 12.7. The molecule has 0 radical (unpaired) electrons. The summed E-state index contributed by atoms with van der Waals surface area (Å²) in [5, 5.41) is 6.26. The molecular weight excluding hydrogens is 483 g/mol. The lowest BCUT2D eigenvalue weighted by Crippen LogP contribution is -2.53. The highest BCUT2D eigenvalue weighted by molar-refractivity contribution is 7.90. The molecule has 13 heteroatoms. The summed E-state index contributed by atoms with van der Waals surface area (Å²) in [5.41, 5.74) is 6.28. The van der Waals surface area contributed by atoms with E-state index in [0.29, 0.717) is 11.1 Å². The van der Waals surface area contributed by atoms with E-state index in [0.717, 1.165) is 27.1 Å².